The molecule has 0 aromatic carbocycles. The fourth-order valence-electron chi connectivity index (χ4n) is 2.73. The first-order valence-electron chi connectivity index (χ1n) is 12.9. The topological polar surface area (TPSA) is 159 Å². The summed E-state index contributed by atoms with van der Waals surface area (Å²) < 4.78 is 26.3. The van der Waals surface area contributed by atoms with E-state index >= 15 is 0 Å². The van der Waals surface area contributed by atoms with Gasteiger partial charge in [-0.25, -0.2) is 9.59 Å². The number of hydrogen-bond donors (Lipinski definition) is 4. The third-order valence-electron chi connectivity index (χ3n) is 4.52. The molecule has 0 fully saturated rings. The van der Waals surface area contributed by atoms with Crippen LogP contribution in [0.25, 0.3) is 0 Å². The first-order chi connectivity index (χ1) is 17.7. The van der Waals surface area contributed by atoms with Crippen LogP contribution in [0.2, 0.25) is 0 Å². The molecule has 0 saturated heterocycles. The van der Waals surface area contributed by atoms with Gasteiger partial charge in [0.25, 0.3) is 0 Å². The van der Waals surface area contributed by atoms with Gasteiger partial charge in [0, 0.05) is 32.8 Å². The second-order valence-electron chi connectivity index (χ2n) is 9.18. The lowest BCUT2D eigenvalue weighted by molar-refractivity contribution is -0.122. The van der Waals surface area contributed by atoms with Crippen molar-refractivity contribution in [3.05, 3.63) is 12.7 Å². The zero-order valence-electron chi connectivity index (χ0n) is 22.8. The van der Waals surface area contributed by atoms with Gasteiger partial charge in [0.05, 0.1) is 32.5 Å². The minimum absolute atomic E-state index is 0.188. The van der Waals surface area contributed by atoms with Crippen molar-refractivity contribution in [3.63, 3.8) is 0 Å². The maximum atomic E-state index is 12.0. The van der Waals surface area contributed by atoms with E-state index in [-0.39, 0.29) is 12.5 Å². The number of rotatable bonds is 22. The minimum Gasteiger partial charge on any atom is -0.445 e. The summed E-state index contributed by atoms with van der Waals surface area (Å²) in [5.74, 6) is -0.188. The molecule has 0 rings (SSSR count). The number of carbonyl (C=O) groups is 3. The highest BCUT2D eigenvalue weighted by molar-refractivity contribution is 5.81. The maximum Gasteiger partial charge on any atom is 0.407 e. The van der Waals surface area contributed by atoms with E-state index in [2.05, 4.69) is 22.5 Å². The predicted molar refractivity (Wildman–Crippen MR) is 140 cm³/mol. The molecule has 5 N–H and O–H groups in total. The van der Waals surface area contributed by atoms with Crippen molar-refractivity contribution in [1.29, 1.82) is 0 Å². The maximum absolute atomic E-state index is 12.0. The first kappa shape index (κ1) is 34.6. The van der Waals surface area contributed by atoms with E-state index in [1.165, 1.54) is 6.08 Å². The Morgan fingerprint density at radius 2 is 1.30 bits per heavy atom. The van der Waals surface area contributed by atoms with Gasteiger partial charge in [-0.1, -0.05) is 12.7 Å². The molecular formula is C25H48N4O8. The molecule has 0 aromatic heterocycles. The Hall–Kier alpha value is -2.41. The van der Waals surface area contributed by atoms with E-state index in [9.17, 15) is 14.4 Å². The molecule has 0 aliphatic rings. The number of nitrogens with two attached hydrogens (primary N) is 1. The number of amides is 3. The van der Waals surface area contributed by atoms with Gasteiger partial charge < -0.3 is 45.4 Å². The molecular weight excluding hydrogens is 484 g/mol. The second-order valence-corrected chi connectivity index (χ2v) is 9.18. The molecule has 1 atom stereocenters. The number of nitrogens with one attached hydrogen (secondary N) is 3. The third-order valence-corrected chi connectivity index (χ3v) is 4.52. The summed E-state index contributed by atoms with van der Waals surface area (Å²) >= 11 is 0. The number of alkyl carbamates (subject to hydrolysis) is 2. The molecule has 12 nitrogen and oxygen atoms in total. The number of hydrogen-bond acceptors (Lipinski definition) is 9. The largest absolute Gasteiger partial charge is 0.445 e. The van der Waals surface area contributed by atoms with Gasteiger partial charge in [-0.15, -0.1) is 0 Å². The molecule has 37 heavy (non-hydrogen) atoms. The third kappa shape index (κ3) is 25.0. The van der Waals surface area contributed by atoms with Crippen LogP contribution in [0, 0.1) is 0 Å². The van der Waals surface area contributed by atoms with Crippen molar-refractivity contribution in [3.8, 4) is 0 Å². The fraction of sp³-hybridized carbons (Fsp3) is 0.800. The Labute approximate surface area is 221 Å². The van der Waals surface area contributed by atoms with E-state index in [1.54, 1.807) is 0 Å². The number of carbonyl (C=O) groups excluding carboxylic acids is 3. The Bertz CT molecular complexity index is 628. The molecule has 0 radical (unpaired) electrons. The first-order valence-corrected chi connectivity index (χ1v) is 12.9. The predicted octanol–water partition coefficient (Wildman–Crippen LogP) is 1.87. The van der Waals surface area contributed by atoms with E-state index in [1.807, 2.05) is 20.8 Å². The zero-order valence-corrected chi connectivity index (χ0v) is 22.8. The summed E-state index contributed by atoms with van der Waals surface area (Å²) in [5, 5.41) is 8.10. The van der Waals surface area contributed by atoms with Gasteiger partial charge in [0.1, 0.15) is 12.2 Å². The van der Waals surface area contributed by atoms with Crippen LogP contribution in [-0.4, -0.2) is 95.6 Å². The van der Waals surface area contributed by atoms with Gasteiger partial charge in [-0.2, -0.15) is 0 Å². The zero-order chi connectivity index (χ0) is 27.8. The van der Waals surface area contributed by atoms with Crippen LogP contribution in [0.3, 0.4) is 0 Å². The summed E-state index contributed by atoms with van der Waals surface area (Å²) in [6.07, 6.45) is 3.94. The summed E-state index contributed by atoms with van der Waals surface area (Å²) in [7, 11) is 0. The molecule has 0 aliphatic heterocycles. The molecule has 216 valence electrons. The smallest absolute Gasteiger partial charge is 0.407 e. The van der Waals surface area contributed by atoms with Crippen LogP contribution in [0.15, 0.2) is 12.7 Å². The average molecular weight is 533 g/mol. The lowest BCUT2D eigenvalue weighted by Crippen LogP contribution is -2.41. The Balaban J connectivity index is 3.41. The van der Waals surface area contributed by atoms with Crippen LogP contribution in [0.4, 0.5) is 9.59 Å². The molecule has 0 saturated carbocycles. The van der Waals surface area contributed by atoms with Crippen LogP contribution in [-0.2, 0) is 28.5 Å². The van der Waals surface area contributed by atoms with Crippen molar-refractivity contribution in [2.24, 2.45) is 5.73 Å². The molecule has 0 bridgehead atoms. The molecule has 0 aromatic rings. The van der Waals surface area contributed by atoms with E-state index < -0.39 is 23.8 Å². The van der Waals surface area contributed by atoms with Crippen molar-refractivity contribution in [1.82, 2.24) is 16.0 Å². The lowest BCUT2D eigenvalue weighted by Gasteiger charge is -2.19. The summed E-state index contributed by atoms with van der Waals surface area (Å²) in [6.45, 7) is 13.4. The van der Waals surface area contributed by atoms with E-state index in [4.69, 9.17) is 29.4 Å². The van der Waals surface area contributed by atoms with Crippen LogP contribution < -0.4 is 21.7 Å². The molecule has 3 amide bonds. The summed E-state index contributed by atoms with van der Waals surface area (Å²) in [6, 6.07) is -0.576. The fourth-order valence-corrected chi connectivity index (χ4v) is 2.73. The Kier molecular flexibility index (Phi) is 21.3. The molecule has 0 aliphatic carbocycles. The van der Waals surface area contributed by atoms with Gasteiger partial charge in [0.2, 0.25) is 5.91 Å². The van der Waals surface area contributed by atoms with Crippen molar-refractivity contribution in [2.45, 2.75) is 64.5 Å². The van der Waals surface area contributed by atoms with Gasteiger partial charge in [0.15, 0.2) is 0 Å². The van der Waals surface area contributed by atoms with Crippen LogP contribution in [0.5, 0.6) is 0 Å². The van der Waals surface area contributed by atoms with Gasteiger partial charge in [-0.3, -0.25) is 4.79 Å². The monoisotopic (exact) mass is 532 g/mol. The van der Waals surface area contributed by atoms with E-state index in [0.717, 1.165) is 6.42 Å². The second kappa shape index (κ2) is 22.8. The highest BCUT2D eigenvalue weighted by atomic mass is 16.6. The standard InChI is InChI=1S/C25H48N4O8/c1-5-14-36-23(31)28-13-9-16-34-18-20-35-19-17-33-15-8-12-27-22(30)21(26)10-6-7-11-29-24(32)37-25(2,3)4/h5,21H,1,6-20,26H2,2-4H3,(H,27,30)(H,28,31)(H,29,32)/t21-/m0/s1. The molecule has 12 heteroatoms. The SMILES string of the molecule is C=CCOC(=O)NCCCOCCOCCOCCCNC(=O)[C@@H](N)CCCCNC(=O)OC(C)(C)C. The van der Waals surface area contributed by atoms with Gasteiger partial charge in [-0.05, 0) is 52.9 Å². The molecule has 0 unspecified atom stereocenters. The lowest BCUT2D eigenvalue weighted by atomic mass is 10.1. The van der Waals surface area contributed by atoms with Crippen molar-refractivity contribution >= 4 is 18.1 Å². The highest BCUT2D eigenvalue weighted by Crippen LogP contribution is 2.06. The van der Waals surface area contributed by atoms with Crippen LogP contribution >= 0.6 is 0 Å². The highest BCUT2D eigenvalue weighted by Gasteiger charge is 2.16. The average Bonchev–Trinajstić information content (AvgIpc) is 2.83. The normalized spacial score (nSPS) is 11.9. The van der Waals surface area contributed by atoms with Crippen LogP contribution in [0.1, 0.15) is 52.9 Å². The summed E-state index contributed by atoms with van der Waals surface area (Å²) in [5.41, 5.74) is 5.39. The Morgan fingerprint density at radius 3 is 1.86 bits per heavy atom. The molecule has 0 heterocycles. The van der Waals surface area contributed by atoms with Crippen molar-refractivity contribution < 1.29 is 38.1 Å². The molecule has 0 spiro atoms. The van der Waals surface area contributed by atoms with Crippen molar-refractivity contribution in [2.75, 3.05) is 65.9 Å². The Morgan fingerprint density at radius 1 is 0.784 bits per heavy atom. The number of ether oxygens (including phenoxy) is 5. The minimum atomic E-state index is -0.576. The number of unbranched alkanes of at least 4 members (excludes halogenated alkanes) is 1. The summed E-state index contributed by atoms with van der Waals surface area (Å²) in [4.78, 5) is 34.8. The quantitative estimate of drug-likeness (QED) is 0.121. The van der Waals surface area contributed by atoms with Gasteiger partial charge >= 0.3 is 12.2 Å². The van der Waals surface area contributed by atoms with E-state index in [0.29, 0.717) is 85.0 Å².